The molecule has 0 radical (unpaired) electrons. The monoisotopic (exact) mass is 1670 g/mol. The largest absolute Gasteiger partial charge is 0.508 e. The van der Waals surface area contributed by atoms with Gasteiger partial charge in [0.25, 0.3) is 0 Å². The average molecular weight is 1670 g/mol. The number of H-pyrrole nitrogens is 3. The third kappa shape index (κ3) is 31.0. The number of aromatic nitrogens is 5. The minimum Gasteiger partial charge on any atom is -0.508 e. The number of aliphatic imine (C=N–C) groups is 1. The van der Waals surface area contributed by atoms with Gasteiger partial charge in [-0.15, -0.1) is 0 Å². The molecule has 1 fully saturated rings. The van der Waals surface area contributed by atoms with Crippen molar-refractivity contribution in [1.29, 1.82) is 0 Å². The van der Waals surface area contributed by atoms with E-state index in [1.54, 1.807) is 76.5 Å². The maximum absolute atomic E-state index is 14.8. The summed E-state index contributed by atoms with van der Waals surface area (Å²) in [4.78, 5) is 230. The molecule has 4 heterocycles. The Labute approximate surface area is 683 Å². The van der Waals surface area contributed by atoms with E-state index in [-0.39, 0.29) is 94.2 Å². The molecule has 14 amide bonds. The second kappa shape index (κ2) is 47.3. The number of nitrogens with zero attached hydrogens (tertiary/aromatic N) is 4. The Morgan fingerprint density at radius 1 is 0.573 bits per heavy atom. The van der Waals surface area contributed by atoms with Crippen LogP contribution in [0, 0.1) is 11.8 Å². The number of fused-ring (bicyclic) bond motifs is 1. The van der Waals surface area contributed by atoms with Crippen LogP contribution in [0.5, 0.6) is 5.75 Å². The van der Waals surface area contributed by atoms with Gasteiger partial charge >= 0.3 is 5.97 Å². The topological polar surface area (TPSA) is 634 Å². The van der Waals surface area contributed by atoms with E-state index in [0.29, 0.717) is 52.1 Å². The molecule has 40 nitrogen and oxygen atoms in total. The number of rotatable bonds is 49. The number of aromatic amines is 3. The zero-order chi connectivity index (χ0) is 86.0. The highest BCUT2D eigenvalue weighted by Crippen LogP contribution is 2.23. The third-order valence-corrected chi connectivity index (χ3v) is 20.1. The summed E-state index contributed by atoms with van der Waals surface area (Å²) in [6.07, 6.45) is 10.1. The van der Waals surface area contributed by atoms with E-state index in [4.69, 9.17) is 22.9 Å². The summed E-state index contributed by atoms with van der Waals surface area (Å²) in [5, 5.41) is 51.1. The van der Waals surface area contributed by atoms with Crippen LogP contribution in [0.2, 0.25) is 0 Å². The molecule has 1 saturated heterocycles. The van der Waals surface area contributed by atoms with Crippen molar-refractivity contribution >= 4 is 129 Å². The van der Waals surface area contributed by atoms with Crippen LogP contribution in [0.1, 0.15) is 109 Å². The molecule has 6 rings (SSSR count). The molecule has 25 N–H and O–H groups in total. The number of primary amides is 1. The third-order valence-electron chi connectivity index (χ3n) is 18.8. The smallest absolute Gasteiger partial charge is 0.326 e. The molecule has 0 spiro atoms. The van der Waals surface area contributed by atoms with Crippen LogP contribution in [0.4, 0.5) is 0 Å². The quantitative estimate of drug-likeness (QED) is 0.0101. The lowest BCUT2D eigenvalue weighted by molar-refractivity contribution is -0.142. The first kappa shape index (κ1) is 94.0. The number of benzene rings is 2. The van der Waals surface area contributed by atoms with Crippen LogP contribution >= 0.6 is 23.5 Å². The van der Waals surface area contributed by atoms with E-state index in [9.17, 15) is 82.1 Å². The first-order valence-corrected chi connectivity index (χ1v) is 40.9. The van der Waals surface area contributed by atoms with E-state index in [1.165, 1.54) is 72.5 Å². The standard InChI is InChI=1S/C75H109N23O17S2/c1-39(2)26-52(67(107)92-51(74(114)115)21-25-117-7)93-68(108)54(29-44-33-80-37-86-44)89-61(102)36-85-72(112)62(40(3)4)97-63(103)41(5)88-66(106)53(28-43-32-83-49-13-9-8-12-47(43)49)94-69(109)55(30-45-34-81-38-87-45)95-70(110)56(31-59(77)100)90-60(101)35-84-65(105)50(14-10-22-82-75(78)79)91-71(111)58-15-11-23-98(58)73(113)57(27-42-16-18-46(99)19-17-42)96-64(104)48(76)20-24-116-6/h8-9,12-13,16-19,32-34,37-41,48,50-58,62,83,99H,10-11,14-15,20-31,35-36,76H2,1-7H3,(H2,77,100)(H,80,86)(H,81,87)(H,84,105)(H,85,112)(H,88,106)(H,89,102)(H,90,101)(H,91,111)(H,92,107)(H,93,108)(H,94,109)(H,95,110)(H,96,104)(H,97,103)(H,114,115)(H4,78,79,82). The first-order chi connectivity index (χ1) is 55.6. The molecule has 117 heavy (non-hydrogen) atoms. The number of carbonyl (C=O) groups excluding carboxylic acids is 14. The fraction of sp³-hybridized carbons (Fsp3) is 0.520. The number of hydrogen-bond acceptors (Lipinski definition) is 22. The molecular formula is C75H109N23O17S2. The number of carbonyl (C=O) groups is 15. The predicted molar refractivity (Wildman–Crippen MR) is 434 cm³/mol. The van der Waals surface area contributed by atoms with Crippen molar-refractivity contribution in [2.24, 2.45) is 39.8 Å². The second-order valence-electron chi connectivity index (χ2n) is 28.9. The fourth-order valence-electron chi connectivity index (χ4n) is 12.6. The molecule has 12 unspecified atom stereocenters. The number of hydrogen-bond donors (Lipinski definition) is 21. The Morgan fingerprint density at radius 3 is 1.70 bits per heavy atom. The molecule has 638 valence electrons. The molecule has 12 atom stereocenters. The zero-order valence-corrected chi connectivity index (χ0v) is 67.9. The number of amides is 14. The van der Waals surface area contributed by atoms with Crippen molar-refractivity contribution in [3.63, 3.8) is 0 Å². The lowest BCUT2D eigenvalue weighted by Gasteiger charge is -2.30. The molecule has 3 aromatic heterocycles. The van der Waals surface area contributed by atoms with Gasteiger partial charge in [-0.25, -0.2) is 14.8 Å². The summed E-state index contributed by atoms with van der Waals surface area (Å²) in [6.45, 7) is 6.57. The van der Waals surface area contributed by atoms with Crippen LogP contribution < -0.4 is 86.7 Å². The Bertz CT molecular complexity index is 4240. The number of imidazole rings is 2. The number of para-hydroxylation sites is 1. The highest BCUT2D eigenvalue weighted by Gasteiger charge is 2.41. The molecule has 0 aliphatic carbocycles. The molecular weight excluding hydrogens is 1560 g/mol. The van der Waals surface area contributed by atoms with E-state index in [1.807, 2.05) is 6.26 Å². The maximum Gasteiger partial charge on any atom is 0.326 e. The summed E-state index contributed by atoms with van der Waals surface area (Å²) < 4.78 is 0. The Kier molecular flexibility index (Phi) is 38.0. The number of carboxylic acids is 1. The van der Waals surface area contributed by atoms with Crippen LogP contribution in [0.25, 0.3) is 10.9 Å². The number of phenols is 1. The van der Waals surface area contributed by atoms with Crippen molar-refractivity contribution < 1.29 is 82.1 Å². The van der Waals surface area contributed by atoms with Crippen LogP contribution in [0.15, 0.2) is 84.8 Å². The van der Waals surface area contributed by atoms with Gasteiger partial charge in [0.2, 0.25) is 82.7 Å². The van der Waals surface area contributed by atoms with Crippen LogP contribution in [-0.2, 0) is 97.6 Å². The number of phenolic OH excluding ortho intramolecular Hbond substituents is 1. The lowest BCUT2D eigenvalue weighted by atomic mass is 10.0. The van der Waals surface area contributed by atoms with Gasteiger partial charge in [0.1, 0.15) is 72.2 Å². The van der Waals surface area contributed by atoms with Crippen molar-refractivity contribution in [2.45, 2.75) is 184 Å². The van der Waals surface area contributed by atoms with Crippen molar-refractivity contribution in [3.05, 3.63) is 102 Å². The van der Waals surface area contributed by atoms with Crippen molar-refractivity contribution in [2.75, 3.05) is 50.2 Å². The van der Waals surface area contributed by atoms with Crippen LogP contribution in [-0.4, -0.2) is 257 Å². The van der Waals surface area contributed by atoms with Gasteiger partial charge in [0, 0.05) is 68.3 Å². The number of guanidine groups is 1. The van der Waals surface area contributed by atoms with Gasteiger partial charge < -0.3 is 117 Å². The van der Waals surface area contributed by atoms with Gasteiger partial charge in [-0.3, -0.25) is 72.1 Å². The molecule has 0 bridgehead atoms. The second-order valence-corrected chi connectivity index (χ2v) is 30.9. The molecule has 0 saturated carbocycles. The minimum atomic E-state index is -1.83. The number of nitrogens with one attached hydrogen (secondary N) is 15. The molecule has 2 aromatic carbocycles. The summed E-state index contributed by atoms with van der Waals surface area (Å²) >= 11 is 2.87. The Hall–Kier alpha value is -11.8. The number of carboxylic acid groups (broad SMARTS) is 1. The van der Waals surface area contributed by atoms with Gasteiger partial charge in [0.05, 0.1) is 49.6 Å². The first-order valence-electron chi connectivity index (χ1n) is 38.1. The van der Waals surface area contributed by atoms with E-state index >= 15 is 0 Å². The average Bonchev–Trinajstić information content (AvgIpc) is 1.72. The van der Waals surface area contributed by atoms with Gasteiger partial charge in [-0.2, -0.15) is 23.5 Å². The number of likely N-dealkylation sites (tertiary alicyclic amines) is 1. The fourth-order valence-corrected chi connectivity index (χ4v) is 13.5. The minimum absolute atomic E-state index is 0.00104. The molecule has 1 aliphatic rings. The zero-order valence-electron chi connectivity index (χ0n) is 66.2. The summed E-state index contributed by atoms with van der Waals surface area (Å²) in [6, 6.07) is -3.35. The lowest BCUT2D eigenvalue weighted by Crippen LogP contribution is -2.60. The maximum atomic E-state index is 14.8. The number of aromatic hydroxyl groups is 1. The highest BCUT2D eigenvalue weighted by molar-refractivity contribution is 7.98. The van der Waals surface area contributed by atoms with Crippen LogP contribution in [0.3, 0.4) is 0 Å². The van der Waals surface area contributed by atoms with Gasteiger partial charge in [0.15, 0.2) is 5.96 Å². The SMILES string of the molecule is CSCCC(N)C(=O)NC(Cc1ccc(O)cc1)C(=O)N1CCCC1C(=O)NC(CCCN=C(N)N)C(=O)NCC(=O)NC(CC(N)=O)C(=O)NC(Cc1c[nH]cn1)C(=O)NC(Cc1c[nH]c2ccccc12)C(=O)NC(C)C(=O)NC(C(=O)NCC(=O)NC(Cc1c[nH]cn1)C(=O)NC(CC(C)C)C(=O)NC(CCSC)C(=O)O)C(C)C. The predicted octanol–water partition coefficient (Wildman–Crippen LogP) is -3.77. The van der Waals surface area contributed by atoms with Gasteiger partial charge in [-0.05, 0) is 117 Å². The van der Waals surface area contributed by atoms with Crippen molar-refractivity contribution in [1.82, 2.24) is 93.6 Å². The van der Waals surface area contributed by atoms with E-state index in [2.05, 4.69) is 93.7 Å². The molecule has 1 aliphatic heterocycles. The highest BCUT2D eigenvalue weighted by atomic mass is 32.2. The normalized spacial score (nSPS) is 15.3. The number of nitrogens with two attached hydrogens (primary N) is 4. The number of aliphatic carboxylic acids is 1. The van der Waals surface area contributed by atoms with E-state index in [0.717, 1.165) is 0 Å². The Balaban J connectivity index is 1.14. The molecule has 42 heteroatoms. The van der Waals surface area contributed by atoms with Gasteiger partial charge in [-0.1, -0.05) is 58.0 Å². The number of thioether (sulfide) groups is 2. The summed E-state index contributed by atoms with van der Waals surface area (Å²) in [5.74, 6) is -13.7. The summed E-state index contributed by atoms with van der Waals surface area (Å²) in [7, 11) is 0. The Morgan fingerprint density at radius 2 is 1.12 bits per heavy atom. The molecule has 5 aromatic rings. The van der Waals surface area contributed by atoms with Crippen molar-refractivity contribution in [3.8, 4) is 5.75 Å². The van der Waals surface area contributed by atoms with E-state index < -0.39 is 187 Å². The summed E-state index contributed by atoms with van der Waals surface area (Å²) in [5.41, 5.74) is 25.2.